The first-order chi connectivity index (χ1) is 7.11. The van der Waals surface area contributed by atoms with Crippen molar-refractivity contribution >= 4 is 22.4 Å². The van der Waals surface area contributed by atoms with Crippen LogP contribution in [0.1, 0.15) is 10.5 Å². The van der Waals surface area contributed by atoms with Gasteiger partial charge in [0.25, 0.3) is 0 Å². The van der Waals surface area contributed by atoms with Gasteiger partial charge < -0.3 is 10.8 Å². The van der Waals surface area contributed by atoms with Gasteiger partial charge in [0, 0.05) is 17.3 Å². The molecule has 2 rings (SSSR count). The average Bonchev–Trinajstić information content (AvgIpc) is 2.23. The van der Waals surface area contributed by atoms with Crippen molar-refractivity contribution < 1.29 is 14.3 Å². The largest absolute Gasteiger partial charge is 0.476 e. The third kappa shape index (κ3) is 1.38. The number of nitrogens with two attached hydrogens (primary N) is 1. The molecule has 0 saturated carbocycles. The number of hydrogen-bond acceptors (Lipinski definition) is 3. The second kappa shape index (κ2) is 3.20. The molecule has 5 heteroatoms. The van der Waals surface area contributed by atoms with Gasteiger partial charge in [0.2, 0.25) is 0 Å². The van der Waals surface area contributed by atoms with Crippen molar-refractivity contribution in [2.75, 3.05) is 5.73 Å². The first-order valence-corrected chi connectivity index (χ1v) is 4.17. The van der Waals surface area contributed by atoms with E-state index >= 15 is 0 Å². The number of fused-ring (bicyclic) bond motifs is 1. The molecule has 0 spiro atoms. The van der Waals surface area contributed by atoms with Crippen molar-refractivity contribution in [1.82, 2.24) is 4.98 Å². The van der Waals surface area contributed by atoms with E-state index in [2.05, 4.69) is 4.98 Å². The molecule has 1 heterocycles. The maximum Gasteiger partial charge on any atom is 0.355 e. The van der Waals surface area contributed by atoms with Crippen molar-refractivity contribution in [1.29, 1.82) is 0 Å². The Labute approximate surface area is 84.2 Å². The van der Waals surface area contributed by atoms with Crippen LogP contribution in [0.2, 0.25) is 0 Å². The van der Waals surface area contributed by atoms with Gasteiger partial charge in [-0.05, 0) is 18.2 Å². The summed E-state index contributed by atoms with van der Waals surface area (Å²) in [6, 6.07) is 4.01. The maximum atomic E-state index is 13.4. The fraction of sp³-hybridized carbons (Fsp3) is 0. The number of hydrogen-bond donors (Lipinski definition) is 2. The van der Waals surface area contributed by atoms with Crippen LogP contribution in [0.5, 0.6) is 0 Å². The summed E-state index contributed by atoms with van der Waals surface area (Å²) in [7, 11) is 0. The smallest absolute Gasteiger partial charge is 0.355 e. The molecular formula is C10H7FN2O2. The van der Waals surface area contributed by atoms with Gasteiger partial charge in [0.05, 0.1) is 5.39 Å². The lowest BCUT2D eigenvalue weighted by Gasteiger charge is -2.04. The highest BCUT2D eigenvalue weighted by molar-refractivity contribution is 6.05. The summed E-state index contributed by atoms with van der Waals surface area (Å²) in [5, 5.41) is 9.14. The lowest BCUT2D eigenvalue weighted by Crippen LogP contribution is -2.03. The summed E-state index contributed by atoms with van der Waals surface area (Å²) in [6.45, 7) is 0. The van der Waals surface area contributed by atoms with Crippen LogP contribution >= 0.6 is 0 Å². The predicted octanol–water partition coefficient (Wildman–Crippen LogP) is 1.65. The van der Waals surface area contributed by atoms with Crippen molar-refractivity contribution in [2.45, 2.75) is 0 Å². The molecule has 4 nitrogen and oxygen atoms in total. The van der Waals surface area contributed by atoms with Gasteiger partial charge in [-0.1, -0.05) is 0 Å². The lowest BCUT2D eigenvalue weighted by atomic mass is 10.1. The number of aromatic carboxylic acids is 1. The van der Waals surface area contributed by atoms with Crippen molar-refractivity contribution in [3.63, 3.8) is 0 Å². The van der Waals surface area contributed by atoms with Crippen LogP contribution in [-0.2, 0) is 0 Å². The summed E-state index contributed by atoms with van der Waals surface area (Å²) in [5.41, 5.74) is 5.61. The molecule has 0 amide bonds. The molecule has 0 saturated heterocycles. The molecule has 1 aromatic carbocycles. The van der Waals surface area contributed by atoms with E-state index in [4.69, 9.17) is 10.8 Å². The minimum absolute atomic E-state index is 0.0509. The molecule has 0 aliphatic carbocycles. The standard InChI is InChI=1S/C10H7FN2O2/c11-6-1-2-7(12)5-3-4-13-9(8(5)6)10(14)15/h1-4H,12H2,(H,14,15). The summed E-state index contributed by atoms with van der Waals surface area (Å²) in [6.07, 6.45) is 1.29. The lowest BCUT2D eigenvalue weighted by molar-refractivity contribution is 0.0692. The molecule has 0 radical (unpaired) electrons. The van der Waals surface area contributed by atoms with E-state index in [0.29, 0.717) is 11.1 Å². The molecule has 76 valence electrons. The summed E-state index contributed by atoms with van der Waals surface area (Å²) < 4.78 is 13.4. The van der Waals surface area contributed by atoms with E-state index in [-0.39, 0.29) is 11.1 Å². The van der Waals surface area contributed by atoms with Gasteiger partial charge >= 0.3 is 5.97 Å². The molecule has 0 aliphatic rings. The van der Waals surface area contributed by atoms with E-state index in [1.165, 1.54) is 18.3 Å². The van der Waals surface area contributed by atoms with Gasteiger partial charge in [-0.3, -0.25) is 0 Å². The Morgan fingerprint density at radius 2 is 2.13 bits per heavy atom. The Balaban J connectivity index is 2.96. The van der Waals surface area contributed by atoms with Gasteiger partial charge in [0.1, 0.15) is 5.82 Å². The number of carboxylic acid groups (broad SMARTS) is 1. The topological polar surface area (TPSA) is 76.2 Å². The fourth-order valence-electron chi connectivity index (χ4n) is 1.44. The molecule has 0 aliphatic heterocycles. The van der Waals surface area contributed by atoms with Crippen LogP contribution in [0.4, 0.5) is 10.1 Å². The van der Waals surface area contributed by atoms with E-state index < -0.39 is 11.8 Å². The number of pyridine rings is 1. The molecular weight excluding hydrogens is 199 g/mol. The zero-order valence-electron chi connectivity index (χ0n) is 7.57. The minimum Gasteiger partial charge on any atom is -0.476 e. The Morgan fingerprint density at radius 1 is 1.40 bits per heavy atom. The summed E-state index contributed by atoms with van der Waals surface area (Å²) >= 11 is 0. The molecule has 1 aromatic heterocycles. The predicted molar refractivity (Wildman–Crippen MR) is 53.1 cm³/mol. The number of nitrogens with zero attached hydrogens (tertiary/aromatic N) is 1. The maximum absolute atomic E-state index is 13.4. The Morgan fingerprint density at radius 3 is 2.80 bits per heavy atom. The van der Waals surface area contributed by atoms with Crippen LogP contribution in [0.25, 0.3) is 10.8 Å². The van der Waals surface area contributed by atoms with E-state index in [1.807, 2.05) is 0 Å². The SMILES string of the molecule is Nc1ccc(F)c2c(C(=O)O)nccc12. The monoisotopic (exact) mass is 206 g/mol. The van der Waals surface area contributed by atoms with Crippen LogP contribution in [0, 0.1) is 5.82 Å². The normalized spacial score (nSPS) is 10.5. The van der Waals surface area contributed by atoms with Crippen LogP contribution in [0.15, 0.2) is 24.4 Å². The number of rotatable bonds is 1. The highest BCUT2D eigenvalue weighted by atomic mass is 19.1. The minimum atomic E-state index is -1.27. The molecule has 15 heavy (non-hydrogen) atoms. The Kier molecular flexibility index (Phi) is 2.00. The fourth-order valence-corrected chi connectivity index (χ4v) is 1.44. The van der Waals surface area contributed by atoms with Gasteiger partial charge in [-0.15, -0.1) is 0 Å². The zero-order chi connectivity index (χ0) is 11.0. The van der Waals surface area contributed by atoms with Crippen molar-refractivity contribution in [3.8, 4) is 0 Å². The van der Waals surface area contributed by atoms with Crippen LogP contribution in [-0.4, -0.2) is 16.1 Å². The highest BCUT2D eigenvalue weighted by Gasteiger charge is 2.14. The number of aromatic nitrogens is 1. The average molecular weight is 206 g/mol. The van der Waals surface area contributed by atoms with Crippen molar-refractivity contribution in [3.05, 3.63) is 35.9 Å². The summed E-state index contributed by atoms with van der Waals surface area (Å²) in [4.78, 5) is 14.4. The summed E-state index contributed by atoms with van der Waals surface area (Å²) in [5.74, 6) is -1.91. The molecule has 0 unspecified atom stereocenters. The second-order valence-electron chi connectivity index (χ2n) is 3.02. The Hall–Kier alpha value is -2.17. The van der Waals surface area contributed by atoms with E-state index in [9.17, 15) is 9.18 Å². The number of halogens is 1. The molecule has 0 bridgehead atoms. The number of benzene rings is 1. The molecule has 2 aromatic rings. The van der Waals surface area contributed by atoms with Gasteiger partial charge in [-0.25, -0.2) is 14.2 Å². The third-order valence-electron chi connectivity index (χ3n) is 2.11. The number of carboxylic acids is 1. The van der Waals surface area contributed by atoms with Gasteiger partial charge in [-0.2, -0.15) is 0 Å². The molecule has 3 N–H and O–H groups in total. The van der Waals surface area contributed by atoms with E-state index in [1.54, 1.807) is 0 Å². The number of carbonyl (C=O) groups is 1. The number of nitrogen functional groups attached to an aromatic ring is 1. The first-order valence-electron chi connectivity index (χ1n) is 4.17. The third-order valence-corrected chi connectivity index (χ3v) is 2.11. The highest BCUT2D eigenvalue weighted by Crippen LogP contribution is 2.25. The Bertz CT molecular complexity index is 554. The quantitative estimate of drug-likeness (QED) is 0.695. The second-order valence-corrected chi connectivity index (χ2v) is 3.02. The van der Waals surface area contributed by atoms with E-state index in [0.717, 1.165) is 6.07 Å². The molecule has 0 fully saturated rings. The van der Waals surface area contributed by atoms with Gasteiger partial charge in [0.15, 0.2) is 5.69 Å². The van der Waals surface area contributed by atoms with Crippen molar-refractivity contribution in [2.24, 2.45) is 0 Å². The van der Waals surface area contributed by atoms with Crippen LogP contribution < -0.4 is 5.73 Å². The number of anilines is 1. The zero-order valence-corrected chi connectivity index (χ0v) is 7.57. The first kappa shape index (κ1) is 9.39. The van der Waals surface area contributed by atoms with Crippen LogP contribution in [0.3, 0.4) is 0 Å². The molecule has 0 atom stereocenters.